The Labute approximate surface area is 189 Å². The fourth-order valence-electron chi connectivity index (χ4n) is 3.00. The highest BCUT2D eigenvalue weighted by Crippen LogP contribution is 2.29. The first-order valence-electron chi connectivity index (χ1n) is 9.65. The number of hydrogen-bond donors (Lipinski definition) is 2. The highest BCUT2D eigenvalue weighted by molar-refractivity contribution is 7.13. The summed E-state index contributed by atoms with van der Waals surface area (Å²) >= 11 is 7.65. The second-order valence-corrected chi connectivity index (χ2v) is 8.20. The molecule has 2 heterocycles. The molecule has 2 N–H and O–H groups in total. The van der Waals surface area contributed by atoms with Gasteiger partial charge in [-0.3, -0.25) is 9.48 Å². The summed E-state index contributed by atoms with van der Waals surface area (Å²) in [6, 6.07) is 7.35. The summed E-state index contributed by atoms with van der Waals surface area (Å²) in [4.78, 5) is 16.8. The lowest BCUT2D eigenvalue weighted by Crippen LogP contribution is -2.36. The molecular formula is C21H23ClN6O2S. The van der Waals surface area contributed by atoms with Crippen molar-refractivity contribution in [3.63, 3.8) is 0 Å². The number of aromatic nitrogens is 3. The van der Waals surface area contributed by atoms with Gasteiger partial charge in [0, 0.05) is 36.8 Å². The van der Waals surface area contributed by atoms with Gasteiger partial charge < -0.3 is 15.4 Å². The summed E-state index contributed by atoms with van der Waals surface area (Å²) in [5.74, 6) is -0.231. The number of rotatable bonds is 9. The third kappa shape index (κ3) is 5.61. The maximum absolute atomic E-state index is 12.5. The smallest absolute Gasteiger partial charge is 0.271 e. The van der Waals surface area contributed by atoms with Crippen molar-refractivity contribution in [3.8, 4) is 17.3 Å². The van der Waals surface area contributed by atoms with E-state index in [4.69, 9.17) is 21.6 Å². The molecule has 3 rings (SSSR count). The molecule has 0 saturated heterocycles. The Hall–Kier alpha value is -2.93. The molecule has 0 bridgehead atoms. The standard InChI is InChI=1S/C21H23ClN6O2S/c1-13(25-20(29)18-12-31-21(26-18)24-7-9-30-3)11-28-8-6-17(27-28)16-5-4-15(10-23)19(22)14(16)2/h4-6,8,12-13H,7,9,11H2,1-3H3,(H,24,26)(H,25,29). The van der Waals surface area contributed by atoms with Crippen molar-refractivity contribution in [3.05, 3.63) is 51.6 Å². The van der Waals surface area contributed by atoms with Crippen LogP contribution in [0.1, 0.15) is 28.5 Å². The van der Waals surface area contributed by atoms with Gasteiger partial charge in [-0.2, -0.15) is 10.4 Å². The molecule has 1 unspecified atom stereocenters. The van der Waals surface area contributed by atoms with E-state index in [2.05, 4.69) is 26.8 Å². The van der Waals surface area contributed by atoms with Gasteiger partial charge in [-0.25, -0.2) is 4.98 Å². The van der Waals surface area contributed by atoms with Crippen LogP contribution in [0.5, 0.6) is 0 Å². The summed E-state index contributed by atoms with van der Waals surface area (Å²) in [7, 11) is 1.63. The summed E-state index contributed by atoms with van der Waals surface area (Å²) in [6.07, 6.45) is 1.85. The van der Waals surface area contributed by atoms with Gasteiger partial charge in [0.2, 0.25) is 0 Å². The number of anilines is 1. The summed E-state index contributed by atoms with van der Waals surface area (Å²) in [5.41, 5.74) is 3.26. The van der Waals surface area contributed by atoms with E-state index >= 15 is 0 Å². The van der Waals surface area contributed by atoms with Gasteiger partial charge in [-0.1, -0.05) is 17.7 Å². The highest BCUT2D eigenvalue weighted by atomic mass is 35.5. The van der Waals surface area contributed by atoms with E-state index in [9.17, 15) is 4.79 Å². The number of nitrogens with one attached hydrogen (secondary N) is 2. The zero-order chi connectivity index (χ0) is 22.4. The molecule has 0 aliphatic heterocycles. The lowest BCUT2D eigenvalue weighted by atomic mass is 10.0. The Morgan fingerprint density at radius 2 is 2.23 bits per heavy atom. The van der Waals surface area contributed by atoms with E-state index in [1.807, 2.05) is 32.2 Å². The topological polar surface area (TPSA) is 105 Å². The van der Waals surface area contributed by atoms with Crippen LogP contribution in [0, 0.1) is 18.3 Å². The van der Waals surface area contributed by atoms with Crippen LogP contribution < -0.4 is 10.6 Å². The van der Waals surface area contributed by atoms with Crippen molar-refractivity contribution < 1.29 is 9.53 Å². The van der Waals surface area contributed by atoms with E-state index in [0.717, 1.165) is 16.8 Å². The Morgan fingerprint density at radius 1 is 1.42 bits per heavy atom. The van der Waals surface area contributed by atoms with Gasteiger partial charge in [0.15, 0.2) is 5.13 Å². The van der Waals surface area contributed by atoms with E-state index in [-0.39, 0.29) is 11.9 Å². The minimum absolute atomic E-state index is 0.155. The molecule has 0 aliphatic rings. The maximum Gasteiger partial charge on any atom is 0.271 e. The van der Waals surface area contributed by atoms with Crippen LogP contribution >= 0.6 is 22.9 Å². The normalized spacial score (nSPS) is 11.7. The average molecular weight is 459 g/mol. The number of nitriles is 1. The zero-order valence-electron chi connectivity index (χ0n) is 17.5. The molecule has 3 aromatic rings. The number of methoxy groups -OCH3 is 1. The van der Waals surface area contributed by atoms with Crippen LogP contribution in [0.2, 0.25) is 5.02 Å². The molecule has 0 aliphatic carbocycles. The van der Waals surface area contributed by atoms with E-state index < -0.39 is 0 Å². The average Bonchev–Trinajstić information content (AvgIpc) is 3.40. The van der Waals surface area contributed by atoms with E-state index in [1.165, 1.54) is 11.3 Å². The number of ether oxygens (including phenoxy) is 1. The van der Waals surface area contributed by atoms with Crippen molar-refractivity contribution in [1.29, 1.82) is 5.26 Å². The van der Waals surface area contributed by atoms with Crippen LogP contribution in [0.15, 0.2) is 29.8 Å². The molecule has 1 atom stereocenters. The monoisotopic (exact) mass is 458 g/mol. The Bertz CT molecular complexity index is 1100. The second kappa shape index (κ2) is 10.4. The van der Waals surface area contributed by atoms with Gasteiger partial charge in [0.05, 0.1) is 29.4 Å². The first-order valence-corrected chi connectivity index (χ1v) is 10.9. The maximum atomic E-state index is 12.5. The molecule has 10 heteroatoms. The van der Waals surface area contributed by atoms with Crippen LogP contribution in [-0.4, -0.2) is 47.0 Å². The third-order valence-corrected chi connectivity index (χ3v) is 5.87. The van der Waals surface area contributed by atoms with Crippen LogP contribution in [-0.2, 0) is 11.3 Å². The van der Waals surface area contributed by atoms with E-state index in [0.29, 0.717) is 41.1 Å². The number of halogens is 1. The molecule has 0 spiro atoms. The quantitative estimate of drug-likeness (QED) is 0.473. The summed E-state index contributed by atoms with van der Waals surface area (Å²) < 4.78 is 6.76. The van der Waals surface area contributed by atoms with Gasteiger partial charge >= 0.3 is 0 Å². The Morgan fingerprint density at radius 3 is 2.97 bits per heavy atom. The first kappa shape index (κ1) is 22.7. The number of carbonyl (C=O) groups is 1. The molecular weight excluding hydrogens is 436 g/mol. The predicted molar refractivity (Wildman–Crippen MR) is 122 cm³/mol. The lowest BCUT2D eigenvalue weighted by molar-refractivity contribution is 0.0932. The number of nitrogens with zero attached hydrogens (tertiary/aromatic N) is 4. The van der Waals surface area contributed by atoms with Crippen LogP contribution in [0.3, 0.4) is 0 Å². The minimum Gasteiger partial charge on any atom is -0.383 e. The second-order valence-electron chi connectivity index (χ2n) is 6.97. The van der Waals surface area contributed by atoms with Crippen LogP contribution in [0.4, 0.5) is 5.13 Å². The molecule has 2 aromatic heterocycles. The van der Waals surface area contributed by atoms with Crippen molar-refractivity contribution in [2.24, 2.45) is 0 Å². The van der Waals surface area contributed by atoms with Gasteiger partial charge in [0.25, 0.3) is 5.91 Å². The van der Waals surface area contributed by atoms with E-state index in [1.54, 1.807) is 23.2 Å². The number of carbonyl (C=O) groups excluding carboxylic acids is 1. The van der Waals surface area contributed by atoms with Gasteiger partial charge in [-0.05, 0) is 31.5 Å². The number of benzene rings is 1. The highest BCUT2D eigenvalue weighted by Gasteiger charge is 2.15. The van der Waals surface area contributed by atoms with Crippen molar-refractivity contribution in [1.82, 2.24) is 20.1 Å². The first-order chi connectivity index (χ1) is 14.9. The predicted octanol–water partition coefficient (Wildman–Crippen LogP) is 3.72. The van der Waals surface area contributed by atoms with Crippen molar-refractivity contribution in [2.45, 2.75) is 26.4 Å². The number of hydrogen-bond acceptors (Lipinski definition) is 7. The number of amides is 1. The fourth-order valence-corrected chi connectivity index (χ4v) is 3.93. The Balaban J connectivity index is 1.60. The fraction of sp³-hybridized carbons (Fsp3) is 0.333. The molecule has 0 fully saturated rings. The number of thiazole rings is 1. The molecule has 8 nitrogen and oxygen atoms in total. The molecule has 0 saturated carbocycles. The largest absolute Gasteiger partial charge is 0.383 e. The van der Waals surface area contributed by atoms with Crippen molar-refractivity contribution in [2.75, 3.05) is 25.6 Å². The summed E-state index contributed by atoms with van der Waals surface area (Å²) in [6.45, 7) is 5.48. The SMILES string of the molecule is COCCNc1nc(C(=O)NC(C)Cn2ccc(-c3ccc(C#N)c(Cl)c3C)n2)cs1. The van der Waals surface area contributed by atoms with Crippen LogP contribution in [0.25, 0.3) is 11.3 Å². The van der Waals surface area contributed by atoms with Gasteiger partial charge in [0.1, 0.15) is 11.8 Å². The molecule has 0 radical (unpaired) electrons. The molecule has 1 aromatic carbocycles. The molecule has 31 heavy (non-hydrogen) atoms. The lowest BCUT2D eigenvalue weighted by Gasteiger charge is -2.13. The van der Waals surface area contributed by atoms with Gasteiger partial charge in [-0.15, -0.1) is 11.3 Å². The van der Waals surface area contributed by atoms with Crippen molar-refractivity contribution >= 4 is 34.0 Å². The molecule has 1 amide bonds. The minimum atomic E-state index is -0.231. The molecule has 162 valence electrons. The summed E-state index contributed by atoms with van der Waals surface area (Å²) in [5, 5.41) is 22.6. The third-order valence-electron chi connectivity index (χ3n) is 4.58. The zero-order valence-corrected chi connectivity index (χ0v) is 19.0. The Kier molecular flexibility index (Phi) is 7.63.